The molecule has 9 heteroatoms. The summed E-state index contributed by atoms with van der Waals surface area (Å²) < 4.78 is 36.2. The van der Waals surface area contributed by atoms with Crippen LogP contribution < -0.4 is 9.47 Å². The Morgan fingerprint density at radius 3 is 2.35 bits per heavy atom. The number of hydrogen-bond acceptors (Lipinski definition) is 7. The van der Waals surface area contributed by atoms with Crippen molar-refractivity contribution in [2.75, 3.05) is 39.7 Å². The van der Waals surface area contributed by atoms with Crippen molar-refractivity contribution in [3.63, 3.8) is 0 Å². The first-order chi connectivity index (χ1) is 24.9. The second-order valence-electron chi connectivity index (χ2n) is 15.8. The normalized spacial score (nSPS) is 16.5. The average Bonchev–Trinajstić information content (AvgIpc) is 3.11. The highest BCUT2D eigenvalue weighted by Crippen LogP contribution is 2.34. The molecule has 0 spiro atoms. The molecule has 280 valence electrons. The summed E-state index contributed by atoms with van der Waals surface area (Å²) in [5, 5.41) is 2.11. The molecule has 1 fully saturated rings. The van der Waals surface area contributed by atoms with Gasteiger partial charge in [-0.05, 0) is 79.6 Å². The van der Waals surface area contributed by atoms with Crippen molar-refractivity contribution in [1.29, 1.82) is 0 Å². The Labute approximate surface area is 311 Å². The molecule has 1 amide bonds. The molecule has 0 aromatic heterocycles. The molecular weight excluding hydrogens is 671 g/mol. The molecule has 0 N–H and O–H groups in total. The van der Waals surface area contributed by atoms with Crippen LogP contribution in [0.5, 0.6) is 11.5 Å². The number of nitrogens with zero attached hydrogens (tertiary/aromatic N) is 1. The largest absolute Gasteiger partial charge is 0.494 e. The average molecular weight is 728 g/mol. The SMILES string of the molecule is CC(C)(C)OC(=O)N1CCC(c2ccc(OCCCOCc3ccccc3)cc2)C(OCc2ccc3cccc(OCOCC[Si](C)(C)C)c3c2)C1. The number of carbonyl (C=O) groups is 1. The van der Waals surface area contributed by atoms with E-state index in [9.17, 15) is 4.79 Å². The fraction of sp³-hybridized carbons (Fsp3) is 0.465. The van der Waals surface area contributed by atoms with Gasteiger partial charge in [-0.2, -0.15) is 0 Å². The van der Waals surface area contributed by atoms with E-state index in [1.54, 1.807) is 4.90 Å². The third-order valence-electron chi connectivity index (χ3n) is 9.00. The first-order valence-electron chi connectivity index (χ1n) is 18.6. The minimum atomic E-state index is -1.16. The topological polar surface area (TPSA) is 75.7 Å². The van der Waals surface area contributed by atoms with E-state index in [1.165, 1.54) is 5.56 Å². The molecule has 52 heavy (non-hydrogen) atoms. The second kappa shape index (κ2) is 18.7. The number of ether oxygens (including phenoxy) is 6. The number of rotatable bonds is 17. The van der Waals surface area contributed by atoms with Crippen LogP contribution in [0, 0.1) is 0 Å². The smallest absolute Gasteiger partial charge is 0.410 e. The molecule has 2 unspecified atom stereocenters. The third kappa shape index (κ3) is 12.7. The Hall–Kier alpha value is -3.89. The predicted molar refractivity (Wildman–Crippen MR) is 210 cm³/mol. The Bertz CT molecular complexity index is 1680. The fourth-order valence-corrected chi connectivity index (χ4v) is 6.89. The highest BCUT2D eigenvalue weighted by Gasteiger charge is 2.35. The van der Waals surface area contributed by atoms with E-state index < -0.39 is 13.7 Å². The molecule has 4 aromatic carbocycles. The number of carbonyl (C=O) groups excluding carboxylic acids is 1. The Kier molecular flexibility index (Phi) is 14.2. The van der Waals surface area contributed by atoms with Crippen LogP contribution in [-0.4, -0.2) is 70.5 Å². The van der Waals surface area contributed by atoms with Gasteiger partial charge in [0.05, 0.1) is 39.1 Å². The first-order valence-corrected chi connectivity index (χ1v) is 22.3. The van der Waals surface area contributed by atoms with Crippen LogP contribution in [0.15, 0.2) is 91.0 Å². The Morgan fingerprint density at radius 2 is 1.60 bits per heavy atom. The van der Waals surface area contributed by atoms with E-state index in [-0.39, 0.29) is 24.9 Å². The summed E-state index contributed by atoms with van der Waals surface area (Å²) in [6.45, 7) is 16.9. The van der Waals surface area contributed by atoms with E-state index in [0.717, 1.165) is 52.3 Å². The summed E-state index contributed by atoms with van der Waals surface area (Å²) in [5.74, 6) is 1.72. The molecule has 4 aromatic rings. The van der Waals surface area contributed by atoms with Crippen LogP contribution in [-0.2, 0) is 32.2 Å². The Morgan fingerprint density at radius 1 is 0.808 bits per heavy atom. The first kappa shape index (κ1) is 39.3. The molecule has 0 bridgehead atoms. The number of amides is 1. The zero-order valence-corrected chi connectivity index (χ0v) is 32.9. The van der Waals surface area contributed by atoms with Crippen LogP contribution in [0.25, 0.3) is 10.8 Å². The van der Waals surface area contributed by atoms with Crippen molar-refractivity contribution >= 4 is 24.9 Å². The van der Waals surface area contributed by atoms with Gasteiger partial charge in [0.25, 0.3) is 0 Å². The summed E-state index contributed by atoms with van der Waals surface area (Å²) in [4.78, 5) is 14.9. The molecule has 1 aliphatic rings. The van der Waals surface area contributed by atoms with E-state index in [4.69, 9.17) is 28.4 Å². The van der Waals surface area contributed by atoms with Crippen molar-refractivity contribution in [3.05, 3.63) is 108 Å². The minimum Gasteiger partial charge on any atom is -0.494 e. The second-order valence-corrected chi connectivity index (χ2v) is 21.4. The van der Waals surface area contributed by atoms with Crippen LogP contribution >= 0.6 is 0 Å². The zero-order valence-electron chi connectivity index (χ0n) is 31.9. The summed E-state index contributed by atoms with van der Waals surface area (Å²) in [5.41, 5.74) is 2.80. The van der Waals surface area contributed by atoms with Gasteiger partial charge in [-0.3, -0.25) is 0 Å². The van der Waals surface area contributed by atoms with E-state index in [0.29, 0.717) is 46.1 Å². The zero-order chi connectivity index (χ0) is 37.0. The summed E-state index contributed by atoms with van der Waals surface area (Å²) in [6.07, 6.45) is 1.03. The quantitative estimate of drug-likeness (QED) is 0.0609. The van der Waals surface area contributed by atoms with Gasteiger partial charge in [0.15, 0.2) is 6.79 Å². The highest BCUT2D eigenvalue weighted by atomic mass is 28.3. The van der Waals surface area contributed by atoms with Gasteiger partial charge in [0, 0.05) is 39.0 Å². The maximum atomic E-state index is 13.1. The molecule has 0 saturated carbocycles. The number of piperidine rings is 1. The molecule has 1 heterocycles. The minimum absolute atomic E-state index is 0.104. The van der Waals surface area contributed by atoms with Crippen molar-refractivity contribution in [2.45, 2.75) is 90.1 Å². The van der Waals surface area contributed by atoms with Crippen LogP contribution in [0.1, 0.15) is 56.2 Å². The van der Waals surface area contributed by atoms with E-state index in [1.807, 2.05) is 63.2 Å². The monoisotopic (exact) mass is 727 g/mol. The van der Waals surface area contributed by atoms with Crippen molar-refractivity contribution in [2.24, 2.45) is 0 Å². The third-order valence-corrected chi connectivity index (χ3v) is 10.7. The maximum absolute atomic E-state index is 13.1. The lowest BCUT2D eigenvalue weighted by Crippen LogP contribution is -2.48. The van der Waals surface area contributed by atoms with Gasteiger partial charge in [-0.1, -0.05) is 86.4 Å². The van der Waals surface area contributed by atoms with Gasteiger partial charge >= 0.3 is 6.09 Å². The van der Waals surface area contributed by atoms with Gasteiger partial charge in [0.2, 0.25) is 0 Å². The lowest BCUT2D eigenvalue weighted by Gasteiger charge is -2.39. The molecule has 8 nitrogen and oxygen atoms in total. The molecular formula is C43H57NO7Si. The Balaban J connectivity index is 1.20. The van der Waals surface area contributed by atoms with E-state index >= 15 is 0 Å². The van der Waals surface area contributed by atoms with Crippen LogP contribution in [0.4, 0.5) is 4.79 Å². The lowest BCUT2D eigenvalue weighted by atomic mass is 9.87. The standard InChI is InChI=1S/C43H57NO7Si/c1-43(2,3)51-42(45)44-23-22-38(36-18-20-37(21-19-36)48-25-11-24-46-30-33-12-8-7-9-13-33)41(29-44)49-31-34-16-17-35-14-10-15-40(39(35)28-34)50-32-47-26-27-52(4,5)6/h7-10,12-21,28,38,41H,11,22-27,29-32H2,1-6H3. The van der Waals surface area contributed by atoms with Crippen LogP contribution in [0.3, 0.4) is 0 Å². The van der Waals surface area contributed by atoms with Crippen molar-refractivity contribution < 1.29 is 33.2 Å². The summed E-state index contributed by atoms with van der Waals surface area (Å²) >= 11 is 0. The molecule has 0 radical (unpaired) electrons. The molecule has 2 atom stereocenters. The van der Waals surface area contributed by atoms with E-state index in [2.05, 4.69) is 68.2 Å². The molecule has 1 saturated heterocycles. The van der Waals surface area contributed by atoms with Gasteiger partial charge in [0.1, 0.15) is 17.1 Å². The molecule has 0 aliphatic carbocycles. The van der Waals surface area contributed by atoms with Crippen molar-refractivity contribution in [1.82, 2.24) is 4.90 Å². The van der Waals surface area contributed by atoms with Crippen LogP contribution in [0.2, 0.25) is 25.7 Å². The lowest BCUT2D eigenvalue weighted by molar-refractivity contribution is -0.0359. The van der Waals surface area contributed by atoms with Crippen molar-refractivity contribution in [3.8, 4) is 11.5 Å². The van der Waals surface area contributed by atoms with Gasteiger partial charge in [-0.25, -0.2) is 4.79 Å². The molecule has 5 rings (SSSR count). The molecule has 1 aliphatic heterocycles. The number of benzene rings is 4. The van der Waals surface area contributed by atoms with Gasteiger partial charge < -0.3 is 33.3 Å². The number of likely N-dealkylation sites (tertiary alicyclic amines) is 1. The predicted octanol–water partition coefficient (Wildman–Crippen LogP) is 9.83. The van der Waals surface area contributed by atoms with Gasteiger partial charge in [-0.15, -0.1) is 0 Å². The number of fused-ring (bicyclic) bond motifs is 1. The maximum Gasteiger partial charge on any atom is 0.410 e. The number of hydrogen-bond donors (Lipinski definition) is 0. The highest BCUT2D eigenvalue weighted by molar-refractivity contribution is 6.76. The summed E-state index contributed by atoms with van der Waals surface area (Å²) in [6, 6.07) is 32.0. The fourth-order valence-electron chi connectivity index (χ4n) is 6.14. The summed E-state index contributed by atoms with van der Waals surface area (Å²) in [7, 11) is -1.16.